The Balaban J connectivity index is 3.99. The van der Waals surface area contributed by atoms with E-state index < -0.39 is 26.5 Å². The number of carbonyl (C=O) groups excluding carboxylic acids is 2. The zero-order valence-corrected chi connectivity index (χ0v) is 54.9. The SMILES string of the molecule is CC/C=C\C/C=C\C/C=C\C/C=C\C/C=C\CCCCCCCCCCCCCCCCCCCCCC(=O)OC(COC(=O)CCCCCCCCCCCCCCCCCCCCCCCC)COP(=O)([O-])OCC[N+](C)(C)C. The number of unbranched alkanes of at least 4 members (excludes halogenated alkanes) is 40. The van der Waals surface area contributed by atoms with Gasteiger partial charge in [-0.2, -0.15) is 0 Å². The summed E-state index contributed by atoms with van der Waals surface area (Å²) in [6, 6.07) is 0. The number of phosphoric acid groups is 1. The van der Waals surface area contributed by atoms with E-state index in [0.717, 1.165) is 70.6 Å². The van der Waals surface area contributed by atoms with E-state index in [-0.39, 0.29) is 32.0 Å². The van der Waals surface area contributed by atoms with E-state index in [1.165, 1.54) is 225 Å². The molecule has 0 saturated heterocycles. The van der Waals surface area contributed by atoms with Gasteiger partial charge in [0.2, 0.25) is 0 Å². The Morgan fingerprint density at radius 1 is 0.395 bits per heavy atom. The third-order valence-corrected chi connectivity index (χ3v) is 16.3. The zero-order chi connectivity index (χ0) is 59.1. The average molecular weight is 1160 g/mol. The van der Waals surface area contributed by atoms with Gasteiger partial charge in [0.25, 0.3) is 7.82 Å². The van der Waals surface area contributed by atoms with Gasteiger partial charge in [0.1, 0.15) is 19.8 Å². The van der Waals surface area contributed by atoms with Crippen molar-refractivity contribution in [1.29, 1.82) is 0 Å². The molecule has 0 heterocycles. The largest absolute Gasteiger partial charge is 0.756 e. The van der Waals surface area contributed by atoms with Crippen molar-refractivity contribution in [3.05, 3.63) is 60.8 Å². The smallest absolute Gasteiger partial charge is 0.306 e. The summed E-state index contributed by atoms with van der Waals surface area (Å²) in [5.41, 5.74) is 0. The average Bonchev–Trinajstić information content (AvgIpc) is 3.43. The molecule has 2 unspecified atom stereocenters. The highest BCUT2D eigenvalue weighted by atomic mass is 31.2. The Bertz CT molecular complexity index is 1550. The van der Waals surface area contributed by atoms with Crippen molar-refractivity contribution < 1.29 is 42.1 Å². The molecule has 0 fully saturated rings. The van der Waals surface area contributed by atoms with Crippen molar-refractivity contribution in [2.75, 3.05) is 47.5 Å². The number of ether oxygens (including phenoxy) is 2. The molecule has 474 valence electrons. The third-order valence-electron chi connectivity index (χ3n) is 15.3. The molecule has 0 aliphatic heterocycles. The van der Waals surface area contributed by atoms with Gasteiger partial charge in [-0.05, 0) is 57.8 Å². The number of quaternary nitrogens is 1. The number of carbonyl (C=O) groups is 2. The van der Waals surface area contributed by atoms with Gasteiger partial charge in [-0.3, -0.25) is 14.2 Å². The van der Waals surface area contributed by atoms with E-state index in [2.05, 4.69) is 74.6 Å². The van der Waals surface area contributed by atoms with Crippen LogP contribution in [0.15, 0.2) is 60.8 Å². The van der Waals surface area contributed by atoms with E-state index in [9.17, 15) is 19.0 Å². The predicted molar refractivity (Wildman–Crippen MR) is 347 cm³/mol. The summed E-state index contributed by atoms with van der Waals surface area (Å²) in [6.45, 7) is 4.19. The number of esters is 2. The van der Waals surface area contributed by atoms with Gasteiger partial charge in [-0.1, -0.05) is 319 Å². The molecule has 0 N–H and O–H groups in total. The molecule has 0 radical (unpaired) electrons. The van der Waals surface area contributed by atoms with Gasteiger partial charge in [-0.15, -0.1) is 0 Å². The number of allylic oxidation sites excluding steroid dienone is 10. The molecule has 2 atom stereocenters. The molecule has 10 heteroatoms. The van der Waals surface area contributed by atoms with Crippen molar-refractivity contribution in [3.63, 3.8) is 0 Å². The van der Waals surface area contributed by atoms with E-state index >= 15 is 0 Å². The van der Waals surface area contributed by atoms with Crippen LogP contribution in [0.5, 0.6) is 0 Å². The van der Waals surface area contributed by atoms with E-state index in [4.69, 9.17) is 18.5 Å². The molecule has 0 aliphatic carbocycles. The van der Waals surface area contributed by atoms with Gasteiger partial charge in [-0.25, -0.2) is 0 Å². The maximum absolute atomic E-state index is 12.9. The fourth-order valence-corrected chi connectivity index (χ4v) is 10.8. The highest BCUT2D eigenvalue weighted by Crippen LogP contribution is 2.38. The highest BCUT2D eigenvalue weighted by Gasteiger charge is 2.22. The Hall–Kier alpha value is -2.29. The molecule has 0 aromatic carbocycles. The second kappa shape index (κ2) is 62.2. The van der Waals surface area contributed by atoms with Crippen LogP contribution < -0.4 is 4.89 Å². The number of phosphoric ester groups is 1. The molecule has 9 nitrogen and oxygen atoms in total. The van der Waals surface area contributed by atoms with Crippen molar-refractivity contribution in [2.45, 2.75) is 335 Å². The summed E-state index contributed by atoms with van der Waals surface area (Å²) >= 11 is 0. The summed E-state index contributed by atoms with van der Waals surface area (Å²) in [5.74, 6) is -0.814. The molecule has 0 aromatic heterocycles. The normalized spacial score (nSPS) is 13.5. The second-order valence-corrected chi connectivity index (χ2v) is 25.9. The van der Waals surface area contributed by atoms with Crippen LogP contribution in [0.4, 0.5) is 0 Å². The molecule has 0 bridgehead atoms. The molecule has 81 heavy (non-hydrogen) atoms. The summed E-state index contributed by atoms with van der Waals surface area (Å²) in [6.07, 6.45) is 81.6. The molecule has 0 spiro atoms. The number of hydrogen-bond donors (Lipinski definition) is 0. The van der Waals surface area contributed by atoms with E-state index in [1.54, 1.807) is 0 Å². The molecular formula is C71H132NO8P. The lowest BCUT2D eigenvalue weighted by atomic mass is 10.0. The minimum absolute atomic E-state index is 0.0287. The molecule has 0 saturated carbocycles. The Labute approximate surface area is 502 Å². The van der Waals surface area contributed by atoms with Crippen molar-refractivity contribution >= 4 is 19.8 Å². The minimum atomic E-state index is -4.64. The monoisotopic (exact) mass is 1160 g/mol. The van der Waals surface area contributed by atoms with Crippen molar-refractivity contribution in [1.82, 2.24) is 0 Å². The minimum Gasteiger partial charge on any atom is -0.756 e. The summed E-state index contributed by atoms with van der Waals surface area (Å²) in [7, 11) is 1.18. The second-order valence-electron chi connectivity index (χ2n) is 24.5. The fourth-order valence-electron chi connectivity index (χ4n) is 10.0. The van der Waals surface area contributed by atoms with E-state index in [0.29, 0.717) is 17.4 Å². The number of hydrogen-bond acceptors (Lipinski definition) is 8. The lowest BCUT2D eigenvalue weighted by Gasteiger charge is -2.28. The van der Waals surface area contributed by atoms with Crippen LogP contribution >= 0.6 is 7.82 Å². The molecule has 0 aliphatic rings. The van der Waals surface area contributed by atoms with Gasteiger partial charge < -0.3 is 27.9 Å². The summed E-state index contributed by atoms with van der Waals surface area (Å²) in [5, 5.41) is 0. The molecule has 0 amide bonds. The fraction of sp³-hybridized carbons (Fsp3) is 0.831. The summed E-state index contributed by atoms with van der Waals surface area (Å²) in [4.78, 5) is 38.0. The van der Waals surface area contributed by atoms with Crippen molar-refractivity contribution in [2.24, 2.45) is 0 Å². The first-order valence-corrected chi connectivity index (χ1v) is 36.0. The standard InChI is InChI=1S/C71H132NO8P/c1-6-8-10-12-14-16-18-20-22-24-26-28-30-31-32-33-34-35-36-37-38-39-40-41-42-44-46-48-50-52-54-56-58-60-62-64-71(74)80-69(68-79-81(75,76)78-66-65-72(3,4)5)67-77-70(73)63-61-59-57-55-53-51-49-47-45-43-29-27-25-23-21-19-17-15-13-11-9-7-2/h8,10,14,16,20,22,26,28,31-32,69H,6-7,9,11-13,15,17-19,21,23-25,27,29-30,33-68H2,1-5H3/b10-8-,16-14-,22-20-,28-26-,32-31-. The third kappa shape index (κ3) is 66.7. The zero-order valence-electron chi connectivity index (χ0n) is 54.0. The number of rotatable bonds is 64. The van der Waals surface area contributed by atoms with Crippen molar-refractivity contribution in [3.8, 4) is 0 Å². The molecule has 0 aromatic rings. The van der Waals surface area contributed by atoms with Crippen LogP contribution in [0.3, 0.4) is 0 Å². The van der Waals surface area contributed by atoms with Gasteiger partial charge >= 0.3 is 11.9 Å². The van der Waals surface area contributed by atoms with Gasteiger partial charge in [0, 0.05) is 12.8 Å². The Morgan fingerprint density at radius 3 is 1.05 bits per heavy atom. The Morgan fingerprint density at radius 2 is 0.704 bits per heavy atom. The first-order chi connectivity index (χ1) is 39.5. The topological polar surface area (TPSA) is 111 Å². The lowest BCUT2D eigenvalue weighted by Crippen LogP contribution is -2.37. The Kier molecular flexibility index (Phi) is 60.5. The van der Waals surface area contributed by atoms with Crippen LogP contribution in [-0.2, 0) is 32.7 Å². The quantitative estimate of drug-likeness (QED) is 0.0195. The maximum Gasteiger partial charge on any atom is 0.306 e. The molecule has 0 rings (SSSR count). The first kappa shape index (κ1) is 78.7. The number of nitrogens with zero attached hydrogens (tertiary/aromatic N) is 1. The predicted octanol–water partition coefficient (Wildman–Crippen LogP) is 21.6. The van der Waals surface area contributed by atoms with Gasteiger partial charge in [0.15, 0.2) is 6.10 Å². The van der Waals surface area contributed by atoms with Crippen LogP contribution in [0.2, 0.25) is 0 Å². The van der Waals surface area contributed by atoms with Crippen LogP contribution in [-0.4, -0.2) is 70.0 Å². The van der Waals surface area contributed by atoms with E-state index in [1.807, 2.05) is 21.1 Å². The molecular weight excluding hydrogens is 1030 g/mol. The van der Waals surface area contributed by atoms with Crippen LogP contribution in [0.1, 0.15) is 328 Å². The first-order valence-electron chi connectivity index (χ1n) is 34.5. The maximum atomic E-state index is 12.9. The lowest BCUT2D eigenvalue weighted by molar-refractivity contribution is -0.870. The summed E-state index contributed by atoms with van der Waals surface area (Å²) < 4.78 is 34.3. The number of likely N-dealkylation sites (N-methyl/N-ethyl adjacent to an activating group) is 1. The van der Waals surface area contributed by atoms with Gasteiger partial charge in [0.05, 0.1) is 27.7 Å². The van der Waals surface area contributed by atoms with Crippen LogP contribution in [0.25, 0.3) is 0 Å². The highest BCUT2D eigenvalue weighted by molar-refractivity contribution is 7.45. The van der Waals surface area contributed by atoms with Crippen LogP contribution in [0, 0.1) is 0 Å².